The summed E-state index contributed by atoms with van der Waals surface area (Å²) in [5.74, 6) is 0. The molecule has 0 bridgehead atoms. The van der Waals surface area contributed by atoms with E-state index in [1.54, 1.807) is 9.13 Å². The largest absolute Gasteiger partial charge is 0.352 e. The van der Waals surface area contributed by atoms with Crippen LogP contribution >= 0.6 is 0 Å². The Morgan fingerprint density at radius 3 is 1.05 bits per heavy atom. The first kappa shape index (κ1) is 28.2. The second kappa shape index (κ2) is 12.4. The van der Waals surface area contributed by atoms with Crippen LogP contribution in [0, 0.1) is 27.7 Å². The average Bonchev–Trinajstić information content (AvgIpc) is 2.98. The molecule has 2 heterocycles. The first-order valence-corrected chi connectivity index (χ1v) is 13.8. The smallest absolute Gasteiger partial charge is 0.265 e. The molecule has 0 amide bonds. The lowest BCUT2D eigenvalue weighted by Crippen LogP contribution is -2.23. The fourth-order valence-electron chi connectivity index (χ4n) is 5.00. The van der Waals surface area contributed by atoms with Gasteiger partial charge in [-0.05, 0) is 86.3 Å². The van der Waals surface area contributed by atoms with E-state index in [4.69, 9.17) is 0 Å². The van der Waals surface area contributed by atoms with Crippen LogP contribution in [0.1, 0.15) is 22.8 Å². The van der Waals surface area contributed by atoms with E-state index >= 15 is 0 Å². The van der Waals surface area contributed by atoms with Crippen molar-refractivity contribution >= 4 is 0 Å². The molecule has 0 aliphatic heterocycles. The molecular formula is C36H32N4O2. The fraction of sp³-hybridized carbons (Fsp3) is 0.111. The molecule has 0 fully saturated rings. The third-order valence-corrected chi connectivity index (χ3v) is 6.93. The maximum Gasteiger partial charge on any atom is 0.352 e. The highest BCUT2D eigenvalue weighted by molar-refractivity contribution is 5.65. The van der Waals surface area contributed by atoms with E-state index in [0.717, 1.165) is 56.4 Å². The number of aryl methyl sites for hydroxylation is 4. The van der Waals surface area contributed by atoms with Crippen LogP contribution in [0.4, 0.5) is 0 Å². The van der Waals surface area contributed by atoms with Gasteiger partial charge in [-0.2, -0.15) is 9.97 Å². The zero-order valence-electron chi connectivity index (χ0n) is 24.2. The summed E-state index contributed by atoms with van der Waals surface area (Å²) in [7, 11) is 0. The predicted octanol–water partition coefficient (Wildman–Crippen LogP) is 7.03. The summed E-state index contributed by atoms with van der Waals surface area (Å²) < 4.78 is 3.25. The van der Waals surface area contributed by atoms with Gasteiger partial charge in [-0.1, -0.05) is 84.9 Å². The van der Waals surface area contributed by atoms with Gasteiger partial charge in [0.1, 0.15) is 0 Å². The zero-order chi connectivity index (χ0) is 29.6. The van der Waals surface area contributed by atoms with Gasteiger partial charge in [0.05, 0.1) is 11.4 Å². The minimum absolute atomic E-state index is 0.236. The Morgan fingerprint density at radius 1 is 0.429 bits per heavy atom. The van der Waals surface area contributed by atoms with E-state index in [1.807, 2.05) is 125 Å². The standard InChI is InChI=1S/2C18H16N2O/c2*1-13-12-14(2)20(18(21)19-13)17-10-8-16(9-11-17)15-6-4-3-5-7-15/h2*3-12H,1-2H3. The number of benzene rings is 4. The number of hydrogen-bond acceptors (Lipinski definition) is 4. The van der Waals surface area contributed by atoms with E-state index < -0.39 is 0 Å². The molecule has 0 atom stereocenters. The molecule has 0 N–H and O–H groups in total. The molecule has 4 aromatic carbocycles. The van der Waals surface area contributed by atoms with Gasteiger partial charge in [-0.25, -0.2) is 9.59 Å². The molecule has 0 aliphatic carbocycles. The van der Waals surface area contributed by atoms with Crippen LogP contribution in [0.15, 0.2) is 131 Å². The van der Waals surface area contributed by atoms with Crippen LogP contribution in [0.3, 0.4) is 0 Å². The fourth-order valence-corrected chi connectivity index (χ4v) is 5.00. The Morgan fingerprint density at radius 2 is 0.738 bits per heavy atom. The minimum atomic E-state index is -0.236. The minimum Gasteiger partial charge on any atom is -0.265 e. The molecule has 6 aromatic rings. The van der Waals surface area contributed by atoms with Crippen molar-refractivity contribution in [2.45, 2.75) is 27.7 Å². The molecule has 6 heteroatoms. The van der Waals surface area contributed by atoms with Crippen molar-refractivity contribution in [3.63, 3.8) is 0 Å². The van der Waals surface area contributed by atoms with Crippen LogP contribution < -0.4 is 11.4 Å². The van der Waals surface area contributed by atoms with Crippen molar-refractivity contribution in [2.24, 2.45) is 0 Å². The van der Waals surface area contributed by atoms with E-state index in [2.05, 4.69) is 34.2 Å². The van der Waals surface area contributed by atoms with Crippen molar-refractivity contribution in [2.75, 3.05) is 0 Å². The first-order valence-electron chi connectivity index (χ1n) is 13.8. The molecule has 0 unspecified atom stereocenters. The maximum absolute atomic E-state index is 12.1. The second-order valence-electron chi connectivity index (χ2n) is 10.1. The molecule has 0 saturated carbocycles. The van der Waals surface area contributed by atoms with Crippen molar-refractivity contribution in [1.29, 1.82) is 0 Å². The van der Waals surface area contributed by atoms with Crippen LogP contribution in [-0.4, -0.2) is 19.1 Å². The normalized spacial score (nSPS) is 10.6. The molecule has 2 aromatic heterocycles. The summed E-state index contributed by atoms with van der Waals surface area (Å²) in [6.07, 6.45) is 0. The Bertz CT molecular complexity index is 1780. The Hall–Kier alpha value is -5.36. The maximum atomic E-state index is 12.1. The van der Waals surface area contributed by atoms with Gasteiger partial charge >= 0.3 is 11.4 Å². The number of nitrogens with zero attached hydrogens (tertiary/aromatic N) is 4. The first-order chi connectivity index (χ1) is 20.3. The van der Waals surface area contributed by atoms with E-state index in [9.17, 15) is 9.59 Å². The van der Waals surface area contributed by atoms with Gasteiger partial charge in [-0.3, -0.25) is 9.13 Å². The number of aromatic nitrogens is 4. The lowest BCUT2D eigenvalue weighted by Gasteiger charge is -2.10. The van der Waals surface area contributed by atoms with Crippen LogP contribution in [0.25, 0.3) is 33.6 Å². The van der Waals surface area contributed by atoms with Crippen LogP contribution in [0.2, 0.25) is 0 Å². The molecule has 208 valence electrons. The molecule has 0 spiro atoms. The van der Waals surface area contributed by atoms with Gasteiger partial charge in [0.2, 0.25) is 0 Å². The summed E-state index contributed by atoms with van der Waals surface area (Å²) in [5, 5.41) is 0. The van der Waals surface area contributed by atoms with Gasteiger partial charge < -0.3 is 0 Å². The molecule has 0 radical (unpaired) electrons. The highest BCUT2D eigenvalue weighted by Gasteiger charge is 2.07. The van der Waals surface area contributed by atoms with Crippen molar-refractivity contribution in [1.82, 2.24) is 19.1 Å². The van der Waals surface area contributed by atoms with Crippen LogP contribution in [-0.2, 0) is 0 Å². The number of rotatable bonds is 4. The van der Waals surface area contributed by atoms with Gasteiger partial charge in [0.25, 0.3) is 0 Å². The predicted molar refractivity (Wildman–Crippen MR) is 169 cm³/mol. The molecular weight excluding hydrogens is 520 g/mol. The summed E-state index contributed by atoms with van der Waals surface area (Å²) in [5.41, 5.74) is 9.05. The molecule has 6 nitrogen and oxygen atoms in total. The molecule has 6 rings (SSSR count). The Labute approximate surface area is 245 Å². The molecule has 0 saturated heterocycles. The van der Waals surface area contributed by atoms with E-state index in [1.165, 1.54) is 0 Å². The highest BCUT2D eigenvalue weighted by atomic mass is 16.1. The third-order valence-electron chi connectivity index (χ3n) is 6.93. The van der Waals surface area contributed by atoms with Crippen molar-refractivity contribution in [3.05, 3.63) is 165 Å². The number of hydrogen-bond donors (Lipinski definition) is 0. The van der Waals surface area contributed by atoms with E-state index in [0.29, 0.717) is 0 Å². The monoisotopic (exact) mass is 552 g/mol. The average molecular weight is 553 g/mol. The quantitative estimate of drug-likeness (QED) is 0.235. The summed E-state index contributed by atoms with van der Waals surface area (Å²) >= 11 is 0. The SMILES string of the molecule is Cc1cc(C)n(-c2ccc(-c3ccccc3)cc2)c(=O)n1.Cc1cc(C)n(-c2ccc(-c3ccccc3)cc2)c(=O)n1. The van der Waals surface area contributed by atoms with Crippen molar-refractivity contribution < 1.29 is 0 Å². The van der Waals surface area contributed by atoms with Crippen LogP contribution in [0.5, 0.6) is 0 Å². The van der Waals surface area contributed by atoms with Gasteiger partial charge in [0.15, 0.2) is 0 Å². The van der Waals surface area contributed by atoms with E-state index in [-0.39, 0.29) is 11.4 Å². The van der Waals surface area contributed by atoms with Gasteiger partial charge in [0, 0.05) is 22.8 Å². The lowest BCUT2D eigenvalue weighted by molar-refractivity contribution is 0.855. The zero-order valence-corrected chi connectivity index (χ0v) is 24.2. The van der Waals surface area contributed by atoms with Crippen molar-refractivity contribution in [3.8, 4) is 33.6 Å². The summed E-state index contributed by atoms with van der Waals surface area (Å²) in [4.78, 5) is 32.1. The second-order valence-corrected chi connectivity index (χ2v) is 10.1. The molecule has 0 aliphatic rings. The topological polar surface area (TPSA) is 69.8 Å². The third kappa shape index (κ3) is 6.34. The highest BCUT2D eigenvalue weighted by Crippen LogP contribution is 2.22. The Kier molecular flexibility index (Phi) is 8.34. The van der Waals surface area contributed by atoms with Gasteiger partial charge in [-0.15, -0.1) is 0 Å². The summed E-state index contributed by atoms with van der Waals surface area (Å²) in [6.45, 7) is 7.50. The lowest BCUT2D eigenvalue weighted by atomic mass is 10.1. The molecule has 42 heavy (non-hydrogen) atoms. The summed E-state index contributed by atoms with van der Waals surface area (Å²) in [6, 6.07) is 40.1. The Balaban J connectivity index is 0.000000168.